The molecular formula is C14H18N4O3S. The topological polar surface area (TPSA) is 83.8 Å². The van der Waals surface area contributed by atoms with E-state index in [1.807, 2.05) is 12.1 Å². The number of rotatable bonds is 3. The fourth-order valence-corrected chi connectivity index (χ4v) is 3.57. The van der Waals surface area contributed by atoms with Gasteiger partial charge in [0.1, 0.15) is 0 Å². The summed E-state index contributed by atoms with van der Waals surface area (Å²) in [5.74, 6) is -0.212. The third-order valence-electron chi connectivity index (χ3n) is 3.96. The summed E-state index contributed by atoms with van der Waals surface area (Å²) in [5.41, 5.74) is 1.63. The number of sulfonamides is 1. The highest BCUT2D eigenvalue weighted by Crippen LogP contribution is 2.21. The molecule has 2 aromatic heterocycles. The first-order valence-electron chi connectivity index (χ1n) is 7.13. The van der Waals surface area contributed by atoms with Crippen molar-refractivity contribution in [2.75, 3.05) is 24.7 Å². The molecule has 0 saturated carbocycles. The molecule has 0 unspecified atom stereocenters. The van der Waals surface area contributed by atoms with Crippen molar-refractivity contribution in [1.29, 1.82) is 0 Å². The third kappa shape index (κ3) is 3.12. The van der Waals surface area contributed by atoms with Gasteiger partial charge in [0.25, 0.3) is 0 Å². The minimum atomic E-state index is -3.16. The highest BCUT2D eigenvalue weighted by molar-refractivity contribution is 7.88. The largest absolute Gasteiger partial charge is 0.326 e. The first-order chi connectivity index (χ1) is 10.4. The van der Waals surface area contributed by atoms with Crippen LogP contribution in [0.5, 0.6) is 0 Å². The van der Waals surface area contributed by atoms with Gasteiger partial charge in [-0.1, -0.05) is 0 Å². The van der Waals surface area contributed by atoms with Gasteiger partial charge in [-0.2, -0.15) is 5.10 Å². The summed E-state index contributed by atoms with van der Waals surface area (Å²) in [6, 6.07) is 5.51. The molecule has 8 heteroatoms. The molecule has 1 fully saturated rings. The second-order valence-electron chi connectivity index (χ2n) is 5.54. The van der Waals surface area contributed by atoms with Crippen molar-refractivity contribution in [3.05, 3.63) is 30.6 Å². The summed E-state index contributed by atoms with van der Waals surface area (Å²) in [5, 5.41) is 7.00. The predicted octanol–water partition coefficient (Wildman–Crippen LogP) is 0.944. The van der Waals surface area contributed by atoms with Crippen LogP contribution in [-0.4, -0.2) is 47.6 Å². The Morgan fingerprint density at radius 2 is 2.05 bits per heavy atom. The van der Waals surface area contributed by atoms with Crippen LogP contribution in [0.3, 0.4) is 0 Å². The van der Waals surface area contributed by atoms with Crippen LogP contribution in [0, 0.1) is 5.92 Å². The van der Waals surface area contributed by atoms with E-state index in [1.165, 1.54) is 10.6 Å². The minimum absolute atomic E-state index is 0.0583. The van der Waals surface area contributed by atoms with Crippen LogP contribution >= 0.6 is 0 Å². The number of aromatic nitrogens is 2. The van der Waals surface area contributed by atoms with Crippen LogP contribution in [0.1, 0.15) is 12.8 Å². The molecule has 1 amide bonds. The average molecular weight is 322 g/mol. The van der Waals surface area contributed by atoms with E-state index in [4.69, 9.17) is 0 Å². The van der Waals surface area contributed by atoms with E-state index in [9.17, 15) is 13.2 Å². The molecule has 118 valence electrons. The summed E-state index contributed by atoms with van der Waals surface area (Å²) in [7, 11) is -3.16. The molecular weight excluding hydrogens is 304 g/mol. The molecule has 1 N–H and O–H groups in total. The molecule has 3 heterocycles. The lowest BCUT2D eigenvalue weighted by molar-refractivity contribution is -0.120. The van der Waals surface area contributed by atoms with Crippen LogP contribution in [0.15, 0.2) is 30.6 Å². The van der Waals surface area contributed by atoms with Crippen LogP contribution < -0.4 is 5.32 Å². The zero-order valence-electron chi connectivity index (χ0n) is 12.3. The number of carbonyl (C=O) groups is 1. The Hall–Kier alpha value is -1.93. The lowest BCUT2D eigenvalue weighted by Gasteiger charge is -2.29. The molecule has 0 spiro atoms. The molecule has 0 atom stereocenters. The van der Waals surface area contributed by atoms with Crippen molar-refractivity contribution >= 4 is 27.1 Å². The van der Waals surface area contributed by atoms with Gasteiger partial charge < -0.3 is 5.32 Å². The molecule has 0 radical (unpaired) electrons. The van der Waals surface area contributed by atoms with Crippen LogP contribution in [0.4, 0.5) is 5.69 Å². The number of carbonyl (C=O) groups excluding carboxylic acids is 1. The normalized spacial score (nSPS) is 17.7. The monoisotopic (exact) mass is 322 g/mol. The van der Waals surface area contributed by atoms with Gasteiger partial charge in [0.05, 0.1) is 11.8 Å². The minimum Gasteiger partial charge on any atom is -0.326 e. The first-order valence-corrected chi connectivity index (χ1v) is 8.98. The Balaban J connectivity index is 1.63. The molecule has 22 heavy (non-hydrogen) atoms. The number of pyridine rings is 1. The second kappa shape index (κ2) is 5.69. The van der Waals surface area contributed by atoms with Gasteiger partial charge in [-0.05, 0) is 31.0 Å². The first kappa shape index (κ1) is 15.0. The highest BCUT2D eigenvalue weighted by Gasteiger charge is 2.28. The average Bonchev–Trinajstić information content (AvgIpc) is 2.94. The Morgan fingerprint density at radius 1 is 1.32 bits per heavy atom. The van der Waals surface area contributed by atoms with E-state index in [0.29, 0.717) is 25.9 Å². The predicted molar refractivity (Wildman–Crippen MR) is 83.0 cm³/mol. The van der Waals surface area contributed by atoms with Gasteiger partial charge in [-0.15, -0.1) is 0 Å². The number of amides is 1. The maximum Gasteiger partial charge on any atom is 0.227 e. The van der Waals surface area contributed by atoms with Gasteiger partial charge in [0.15, 0.2) is 0 Å². The van der Waals surface area contributed by atoms with Crippen molar-refractivity contribution in [1.82, 2.24) is 13.9 Å². The van der Waals surface area contributed by atoms with E-state index in [2.05, 4.69) is 10.4 Å². The lowest BCUT2D eigenvalue weighted by Crippen LogP contribution is -2.40. The molecule has 3 rings (SSSR count). The van der Waals surface area contributed by atoms with Crippen LogP contribution in [0.25, 0.3) is 5.52 Å². The van der Waals surface area contributed by atoms with Gasteiger partial charge in [-0.3, -0.25) is 4.79 Å². The van der Waals surface area contributed by atoms with Crippen LogP contribution in [-0.2, 0) is 14.8 Å². The van der Waals surface area contributed by atoms with Crippen molar-refractivity contribution in [3.8, 4) is 0 Å². The Bertz CT molecular complexity index is 791. The van der Waals surface area contributed by atoms with Gasteiger partial charge in [-0.25, -0.2) is 17.2 Å². The number of fused-ring (bicyclic) bond motifs is 1. The third-order valence-corrected chi connectivity index (χ3v) is 5.26. The molecule has 0 aliphatic carbocycles. The molecule has 1 saturated heterocycles. The standard InChI is InChI=1S/C14H18N4O3S/c1-22(20,21)17-7-3-11(4-8-17)14(19)16-12-5-9-18-13(10-12)2-6-15-18/h2,5-6,9-11H,3-4,7-8H2,1H3,(H,16,19). The Kier molecular flexibility index (Phi) is 3.88. The quantitative estimate of drug-likeness (QED) is 0.912. The van der Waals surface area contributed by atoms with Gasteiger partial charge >= 0.3 is 0 Å². The number of nitrogens with one attached hydrogen (secondary N) is 1. The molecule has 7 nitrogen and oxygen atoms in total. The Labute approximate surface area is 129 Å². The molecule has 0 bridgehead atoms. The van der Waals surface area contributed by atoms with E-state index < -0.39 is 10.0 Å². The maximum atomic E-state index is 12.3. The second-order valence-corrected chi connectivity index (χ2v) is 7.52. The molecule has 1 aliphatic heterocycles. The summed E-state index contributed by atoms with van der Waals surface area (Å²) in [6.45, 7) is 0.803. The lowest BCUT2D eigenvalue weighted by atomic mass is 9.97. The van der Waals surface area contributed by atoms with Crippen molar-refractivity contribution in [3.63, 3.8) is 0 Å². The molecule has 1 aliphatic rings. The summed E-state index contributed by atoms with van der Waals surface area (Å²) in [4.78, 5) is 12.3. The van der Waals surface area contributed by atoms with Gasteiger partial charge in [0, 0.05) is 37.1 Å². The zero-order valence-corrected chi connectivity index (χ0v) is 13.1. The fourth-order valence-electron chi connectivity index (χ4n) is 2.69. The Morgan fingerprint density at radius 3 is 2.73 bits per heavy atom. The zero-order chi connectivity index (χ0) is 15.7. The smallest absolute Gasteiger partial charge is 0.227 e. The van der Waals surface area contributed by atoms with E-state index in [0.717, 1.165) is 11.2 Å². The van der Waals surface area contributed by atoms with Crippen molar-refractivity contribution < 1.29 is 13.2 Å². The van der Waals surface area contributed by atoms with Gasteiger partial charge in [0.2, 0.25) is 15.9 Å². The summed E-state index contributed by atoms with van der Waals surface area (Å²) < 4.78 is 26.1. The summed E-state index contributed by atoms with van der Waals surface area (Å²) >= 11 is 0. The van der Waals surface area contributed by atoms with E-state index in [-0.39, 0.29) is 11.8 Å². The van der Waals surface area contributed by atoms with E-state index in [1.54, 1.807) is 23.0 Å². The molecule has 0 aromatic carbocycles. The van der Waals surface area contributed by atoms with E-state index >= 15 is 0 Å². The van der Waals surface area contributed by atoms with Crippen molar-refractivity contribution in [2.24, 2.45) is 5.92 Å². The van der Waals surface area contributed by atoms with Crippen molar-refractivity contribution in [2.45, 2.75) is 12.8 Å². The van der Waals surface area contributed by atoms with Crippen LogP contribution in [0.2, 0.25) is 0 Å². The number of hydrogen-bond donors (Lipinski definition) is 1. The molecule has 2 aromatic rings. The number of nitrogens with zero attached hydrogens (tertiary/aromatic N) is 3. The SMILES string of the molecule is CS(=O)(=O)N1CCC(C(=O)Nc2ccn3nccc3c2)CC1. The fraction of sp³-hybridized carbons (Fsp3) is 0.429. The maximum absolute atomic E-state index is 12.3. The highest BCUT2D eigenvalue weighted by atomic mass is 32.2. The number of hydrogen-bond acceptors (Lipinski definition) is 4. The summed E-state index contributed by atoms with van der Waals surface area (Å²) in [6.07, 6.45) is 5.79. The number of anilines is 1. The number of piperidine rings is 1.